The van der Waals surface area contributed by atoms with Gasteiger partial charge in [0.05, 0.1) is 12.2 Å². The molecule has 8 heteroatoms. The van der Waals surface area contributed by atoms with Crippen LogP contribution in [0.15, 0.2) is 30.6 Å². The van der Waals surface area contributed by atoms with Crippen molar-refractivity contribution in [1.29, 1.82) is 0 Å². The van der Waals surface area contributed by atoms with Crippen molar-refractivity contribution in [3.05, 3.63) is 36.3 Å². The number of urea groups is 1. The van der Waals surface area contributed by atoms with Crippen molar-refractivity contribution in [2.75, 3.05) is 31.1 Å². The number of pyridine rings is 1. The molecule has 1 unspecified atom stereocenters. The molecule has 2 aromatic heterocycles. The second kappa shape index (κ2) is 7.94. The standard InChI is InChI=1S/C19H27N7O/c1-15-4-2-6-18(21-15)24-11-7-16(8-12-24)22-19(27)25-10-3-5-17(14-25)26-13-9-20-23-26/h2,4,6,9,13,16-17H,3,5,7-8,10-12,14H2,1H3,(H,22,27). The average Bonchev–Trinajstić information content (AvgIpc) is 3.24. The molecule has 1 N–H and O–H groups in total. The molecule has 2 fully saturated rings. The number of aryl methyl sites for hydroxylation is 1. The van der Waals surface area contributed by atoms with E-state index in [1.54, 1.807) is 6.20 Å². The topological polar surface area (TPSA) is 79.2 Å². The molecule has 0 radical (unpaired) electrons. The van der Waals surface area contributed by atoms with Crippen LogP contribution in [-0.2, 0) is 0 Å². The predicted molar refractivity (Wildman–Crippen MR) is 103 cm³/mol. The Balaban J connectivity index is 1.28. The van der Waals surface area contributed by atoms with E-state index in [-0.39, 0.29) is 18.1 Å². The van der Waals surface area contributed by atoms with Crippen LogP contribution in [0.5, 0.6) is 0 Å². The van der Waals surface area contributed by atoms with Crippen LogP contribution in [0.2, 0.25) is 0 Å². The number of amides is 2. The van der Waals surface area contributed by atoms with Crippen LogP contribution in [0.25, 0.3) is 0 Å². The normalized spacial score (nSPS) is 21.3. The first-order valence-corrected chi connectivity index (χ1v) is 9.79. The van der Waals surface area contributed by atoms with Gasteiger partial charge in [-0.1, -0.05) is 11.3 Å². The largest absolute Gasteiger partial charge is 0.356 e. The van der Waals surface area contributed by atoms with E-state index >= 15 is 0 Å². The number of aromatic nitrogens is 4. The maximum absolute atomic E-state index is 12.7. The van der Waals surface area contributed by atoms with Crippen molar-refractivity contribution in [1.82, 2.24) is 30.2 Å². The van der Waals surface area contributed by atoms with E-state index in [1.165, 1.54) is 0 Å². The zero-order valence-electron chi connectivity index (χ0n) is 15.8. The summed E-state index contributed by atoms with van der Waals surface area (Å²) in [6.07, 6.45) is 7.49. The maximum atomic E-state index is 12.7. The van der Waals surface area contributed by atoms with Gasteiger partial charge in [0.25, 0.3) is 0 Å². The van der Waals surface area contributed by atoms with E-state index in [0.29, 0.717) is 6.54 Å². The van der Waals surface area contributed by atoms with Crippen LogP contribution in [0.3, 0.4) is 0 Å². The Morgan fingerprint density at radius 3 is 2.78 bits per heavy atom. The number of carbonyl (C=O) groups is 1. The Kier molecular flexibility index (Phi) is 5.22. The summed E-state index contributed by atoms with van der Waals surface area (Å²) in [4.78, 5) is 21.6. The highest BCUT2D eigenvalue weighted by Gasteiger charge is 2.28. The van der Waals surface area contributed by atoms with Crippen molar-refractivity contribution in [3.63, 3.8) is 0 Å². The first-order chi connectivity index (χ1) is 13.2. The molecular formula is C19H27N7O. The third kappa shape index (κ3) is 4.20. The van der Waals surface area contributed by atoms with Gasteiger partial charge in [-0.2, -0.15) is 0 Å². The molecule has 2 aliphatic rings. The van der Waals surface area contributed by atoms with Crippen LogP contribution in [0.4, 0.5) is 10.6 Å². The zero-order valence-corrected chi connectivity index (χ0v) is 15.8. The summed E-state index contributed by atoms with van der Waals surface area (Å²) in [5, 5.41) is 11.2. The molecule has 4 heterocycles. The van der Waals surface area contributed by atoms with Gasteiger partial charge < -0.3 is 15.1 Å². The summed E-state index contributed by atoms with van der Waals surface area (Å²) in [6.45, 7) is 5.36. The number of anilines is 1. The van der Waals surface area contributed by atoms with E-state index in [1.807, 2.05) is 34.8 Å². The van der Waals surface area contributed by atoms with Crippen LogP contribution in [0, 0.1) is 6.92 Å². The van der Waals surface area contributed by atoms with E-state index in [0.717, 1.165) is 56.8 Å². The number of rotatable bonds is 3. The molecule has 8 nitrogen and oxygen atoms in total. The molecule has 2 amide bonds. The third-order valence-corrected chi connectivity index (χ3v) is 5.52. The highest BCUT2D eigenvalue weighted by atomic mass is 16.2. The maximum Gasteiger partial charge on any atom is 0.317 e. The van der Waals surface area contributed by atoms with Crippen LogP contribution >= 0.6 is 0 Å². The fourth-order valence-corrected chi connectivity index (χ4v) is 3.99. The predicted octanol–water partition coefficient (Wildman–Crippen LogP) is 2.00. The number of hydrogen-bond acceptors (Lipinski definition) is 5. The van der Waals surface area contributed by atoms with Gasteiger partial charge in [-0.15, -0.1) is 5.10 Å². The number of hydrogen-bond donors (Lipinski definition) is 1. The van der Waals surface area contributed by atoms with Crippen molar-refractivity contribution >= 4 is 11.8 Å². The second-order valence-electron chi connectivity index (χ2n) is 7.47. The van der Waals surface area contributed by atoms with Crippen LogP contribution < -0.4 is 10.2 Å². The molecule has 2 saturated heterocycles. The summed E-state index contributed by atoms with van der Waals surface area (Å²) < 4.78 is 1.87. The molecule has 0 spiro atoms. The zero-order chi connectivity index (χ0) is 18.6. The van der Waals surface area contributed by atoms with Gasteiger partial charge in [-0.05, 0) is 44.7 Å². The smallest absolute Gasteiger partial charge is 0.317 e. The molecule has 0 aliphatic carbocycles. The lowest BCUT2D eigenvalue weighted by Gasteiger charge is -2.36. The Hall–Kier alpha value is -2.64. The average molecular weight is 369 g/mol. The minimum absolute atomic E-state index is 0.0481. The fourth-order valence-electron chi connectivity index (χ4n) is 3.99. The Labute approximate surface area is 159 Å². The van der Waals surface area contributed by atoms with E-state index < -0.39 is 0 Å². The van der Waals surface area contributed by atoms with Gasteiger partial charge in [-0.25, -0.2) is 14.5 Å². The minimum atomic E-state index is 0.0481. The summed E-state index contributed by atoms with van der Waals surface area (Å²) in [5.41, 5.74) is 1.04. The highest BCUT2D eigenvalue weighted by Crippen LogP contribution is 2.22. The van der Waals surface area contributed by atoms with Crippen LogP contribution in [-0.4, -0.2) is 63.1 Å². The summed E-state index contributed by atoms with van der Waals surface area (Å²) in [5.74, 6) is 1.03. The number of piperidine rings is 2. The molecule has 144 valence electrons. The first-order valence-electron chi connectivity index (χ1n) is 9.79. The molecule has 2 aliphatic heterocycles. The van der Waals surface area contributed by atoms with E-state index in [2.05, 4.69) is 31.6 Å². The number of carbonyl (C=O) groups excluding carboxylic acids is 1. The summed E-state index contributed by atoms with van der Waals surface area (Å²) >= 11 is 0. The van der Waals surface area contributed by atoms with Crippen molar-refractivity contribution in [2.24, 2.45) is 0 Å². The molecule has 0 saturated carbocycles. The van der Waals surface area contributed by atoms with Crippen molar-refractivity contribution in [3.8, 4) is 0 Å². The monoisotopic (exact) mass is 369 g/mol. The van der Waals surface area contributed by atoms with Gasteiger partial charge >= 0.3 is 6.03 Å². The molecule has 4 rings (SSSR count). The third-order valence-electron chi connectivity index (χ3n) is 5.52. The molecule has 0 aromatic carbocycles. The van der Waals surface area contributed by atoms with Gasteiger partial charge in [0, 0.05) is 44.1 Å². The van der Waals surface area contributed by atoms with Gasteiger partial charge in [0.15, 0.2) is 0 Å². The van der Waals surface area contributed by atoms with Gasteiger partial charge in [0.2, 0.25) is 0 Å². The van der Waals surface area contributed by atoms with E-state index in [9.17, 15) is 4.79 Å². The lowest BCUT2D eigenvalue weighted by molar-refractivity contribution is 0.158. The Bertz CT molecular complexity index is 755. The SMILES string of the molecule is Cc1cccc(N2CCC(NC(=O)N3CCCC(n4ccnn4)C3)CC2)n1. The molecule has 1 atom stereocenters. The minimum Gasteiger partial charge on any atom is -0.356 e. The Morgan fingerprint density at radius 1 is 1.19 bits per heavy atom. The second-order valence-corrected chi connectivity index (χ2v) is 7.47. The summed E-state index contributed by atoms with van der Waals surface area (Å²) in [7, 11) is 0. The molecular weight excluding hydrogens is 342 g/mol. The number of nitrogens with one attached hydrogen (secondary N) is 1. The van der Waals surface area contributed by atoms with Crippen molar-refractivity contribution in [2.45, 2.75) is 44.7 Å². The fraction of sp³-hybridized carbons (Fsp3) is 0.579. The Morgan fingerprint density at radius 2 is 2.04 bits per heavy atom. The molecule has 2 aromatic rings. The highest BCUT2D eigenvalue weighted by molar-refractivity contribution is 5.74. The number of likely N-dealkylation sites (tertiary alicyclic amines) is 1. The first kappa shape index (κ1) is 17.8. The number of nitrogens with zero attached hydrogens (tertiary/aromatic N) is 6. The molecule has 0 bridgehead atoms. The molecule has 27 heavy (non-hydrogen) atoms. The van der Waals surface area contributed by atoms with Crippen LogP contribution in [0.1, 0.15) is 37.4 Å². The summed E-state index contributed by atoms with van der Waals surface area (Å²) in [6, 6.07) is 6.62. The van der Waals surface area contributed by atoms with Gasteiger partial charge in [-0.3, -0.25) is 0 Å². The lowest BCUT2D eigenvalue weighted by Crippen LogP contribution is -2.51. The van der Waals surface area contributed by atoms with Gasteiger partial charge in [0.1, 0.15) is 5.82 Å². The lowest BCUT2D eigenvalue weighted by atomic mass is 10.0. The quantitative estimate of drug-likeness (QED) is 0.895. The van der Waals surface area contributed by atoms with E-state index in [4.69, 9.17) is 0 Å². The van der Waals surface area contributed by atoms with Crippen molar-refractivity contribution < 1.29 is 4.79 Å².